The van der Waals surface area contributed by atoms with E-state index in [4.69, 9.17) is 4.42 Å². The lowest BCUT2D eigenvalue weighted by molar-refractivity contribution is 0.670. The average molecular weight is 1620 g/mol. The van der Waals surface area contributed by atoms with E-state index in [0.29, 0.717) is 0 Å². The average Bonchev–Trinajstić information content (AvgIpc) is 1.54. The molecule has 4 heteroatoms. The van der Waals surface area contributed by atoms with Gasteiger partial charge in [0.1, 0.15) is 11.2 Å². The zero-order valence-electron chi connectivity index (χ0n) is 69.1. The summed E-state index contributed by atoms with van der Waals surface area (Å²) < 4.78 is 9.16. The first-order valence-electron chi connectivity index (χ1n) is 43.3. The van der Waals surface area contributed by atoms with E-state index in [1.54, 1.807) is 0 Å². The van der Waals surface area contributed by atoms with Gasteiger partial charge >= 0.3 is 0 Å². The number of furan rings is 1. The highest BCUT2D eigenvalue weighted by atomic mass is 32.1. The van der Waals surface area contributed by atoms with Crippen LogP contribution in [0.4, 0.5) is 34.1 Å². The van der Waals surface area contributed by atoms with Crippen molar-refractivity contribution in [3.8, 4) is 89.0 Å². The monoisotopic (exact) mass is 1620 g/mol. The van der Waals surface area contributed by atoms with Crippen LogP contribution in [0, 0.1) is 0 Å². The van der Waals surface area contributed by atoms with Gasteiger partial charge in [-0.25, -0.2) is 0 Å². The number of anilines is 6. The van der Waals surface area contributed by atoms with Crippen LogP contribution in [0.15, 0.2) is 502 Å². The second kappa shape index (κ2) is 31.8. The Kier molecular flexibility index (Phi) is 18.9. The van der Waals surface area contributed by atoms with Crippen LogP contribution in [0.3, 0.4) is 0 Å². The molecule has 0 saturated carbocycles. The van der Waals surface area contributed by atoms with Crippen LogP contribution in [0.5, 0.6) is 0 Å². The number of para-hydroxylation sites is 2. The van der Waals surface area contributed by atoms with Gasteiger partial charge in [0, 0.05) is 70.4 Å². The van der Waals surface area contributed by atoms with Crippen molar-refractivity contribution in [2.45, 2.75) is 10.8 Å². The maximum absolute atomic E-state index is 6.53. The topological polar surface area (TPSA) is 19.6 Å². The summed E-state index contributed by atoms with van der Waals surface area (Å²) in [5.41, 5.74) is 36.3. The number of nitrogens with zero attached hydrogens (tertiary/aromatic N) is 2. The number of fused-ring (bicyclic) bond motifs is 12. The molecule has 24 rings (SSSR count). The first kappa shape index (κ1) is 75.0. The van der Waals surface area contributed by atoms with E-state index in [1.165, 1.54) is 120 Å². The molecular formula is C122H82N2OS. The maximum Gasteiger partial charge on any atom is 0.143 e. The largest absolute Gasteiger partial charge is 0.455 e. The fraction of sp³-hybridized carbons (Fsp3) is 0.0164. The van der Waals surface area contributed by atoms with Crippen molar-refractivity contribution in [1.29, 1.82) is 0 Å². The van der Waals surface area contributed by atoms with E-state index in [0.717, 1.165) is 89.4 Å². The molecule has 20 aromatic carbocycles. The second-order valence-corrected chi connectivity index (χ2v) is 33.8. The van der Waals surface area contributed by atoms with Crippen molar-refractivity contribution >= 4 is 87.6 Å². The van der Waals surface area contributed by atoms with Crippen LogP contribution < -0.4 is 9.80 Å². The van der Waals surface area contributed by atoms with Gasteiger partial charge in [-0.3, -0.25) is 0 Å². The third-order valence-corrected chi connectivity index (χ3v) is 27.2. The molecule has 0 atom stereocenters. The Hall–Kier alpha value is -16.0. The van der Waals surface area contributed by atoms with Crippen LogP contribution in [0.25, 0.3) is 131 Å². The number of benzene rings is 20. The number of thiophene rings is 1. The molecule has 0 bridgehead atoms. The van der Waals surface area contributed by atoms with E-state index >= 15 is 0 Å². The molecule has 0 saturated heterocycles. The zero-order chi connectivity index (χ0) is 83.5. The molecule has 0 amide bonds. The van der Waals surface area contributed by atoms with Crippen molar-refractivity contribution in [2.24, 2.45) is 0 Å². The third-order valence-electron chi connectivity index (χ3n) is 25.9. The highest BCUT2D eigenvalue weighted by Crippen LogP contribution is 2.61. The van der Waals surface area contributed by atoms with Crippen LogP contribution in [0.2, 0.25) is 0 Å². The van der Waals surface area contributed by atoms with Crippen molar-refractivity contribution in [2.75, 3.05) is 9.80 Å². The molecule has 2 aliphatic rings. The minimum atomic E-state index is -0.542. The number of rotatable bonds is 16. The third kappa shape index (κ3) is 12.7. The van der Waals surface area contributed by atoms with Gasteiger partial charge in [0.2, 0.25) is 0 Å². The Morgan fingerprint density at radius 1 is 0.190 bits per heavy atom. The highest BCUT2D eigenvalue weighted by molar-refractivity contribution is 7.26. The van der Waals surface area contributed by atoms with Gasteiger partial charge < -0.3 is 14.2 Å². The van der Waals surface area contributed by atoms with Gasteiger partial charge in [0.25, 0.3) is 0 Å². The normalized spacial score (nSPS) is 12.6. The number of hydrogen-bond acceptors (Lipinski definition) is 4. The fourth-order valence-corrected chi connectivity index (χ4v) is 21.5. The molecule has 0 radical (unpaired) electrons. The van der Waals surface area contributed by atoms with Gasteiger partial charge in [0.15, 0.2) is 0 Å². The highest BCUT2D eigenvalue weighted by Gasteiger charge is 2.48. The molecule has 2 heterocycles. The van der Waals surface area contributed by atoms with Gasteiger partial charge in [0.05, 0.1) is 22.2 Å². The van der Waals surface area contributed by atoms with E-state index in [9.17, 15) is 0 Å². The molecule has 592 valence electrons. The van der Waals surface area contributed by atoms with E-state index in [1.807, 2.05) is 23.5 Å². The summed E-state index contributed by atoms with van der Waals surface area (Å²) in [5.74, 6) is 0. The summed E-state index contributed by atoms with van der Waals surface area (Å²) in [6, 6.07) is 182. The Morgan fingerprint density at radius 3 is 0.968 bits per heavy atom. The molecule has 126 heavy (non-hydrogen) atoms. The lowest BCUT2D eigenvalue weighted by atomic mass is 9.67. The van der Waals surface area contributed by atoms with Crippen molar-refractivity contribution in [3.63, 3.8) is 0 Å². The summed E-state index contributed by atoms with van der Waals surface area (Å²) in [5, 5.41) is 4.88. The summed E-state index contributed by atoms with van der Waals surface area (Å²) in [7, 11) is 0. The van der Waals surface area contributed by atoms with Crippen molar-refractivity contribution in [3.05, 3.63) is 542 Å². The van der Waals surface area contributed by atoms with Gasteiger partial charge in [-0.1, -0.05) is 425 Å². The Bertz CT molecular complexity index is 7240. The van der Waals surface area contributed by atoms with Crippen LogP contribution in [0.1, 0.15) is 44.5 Å². The molecule has 0 unspecified atom stereocenters. The van der Waals surface area contributed by atoms with Crippen LogP contribution in [-0.2, 0) is 10.8 Å². The smallest absolute Gasteiger partial charge is 0.143 e. The lowest BCUT2D eigenvalue weighted by Gasteiger charge is -2.35. The molecule has 3 nitrogen and oxygen atoms in total. The molecule has 0 spiro atoms. The van der Waals surface area contributed by atoms with Crippen molar-refractivity contribution < 1.29 is 4.42 Å². The quantitative estimate of drug-likeness (QED) is 0.0961. The molecule has 0 aliphatic heterocycles. The molecule has 2 aliphatic carbocycles. The summed E-state index contributed by atoms with van der Waals surface area (Å²) >= 11 is 1.88. The first-order valence-corrected chi connectivity index (χ1v) is 44.2. The summed E-state index contributed by atoms with van der Waals surface area (Å²) in [6.07, 6.45) is 0. The van der Waals surface area contributed by atoms with Crippen LogP contribution in [-0.4, -0.2) is 0 Å². The van der Waals surface area contributed by atoms with E-state index < -0.39 is 10.8 Å². The molecular weight excluding hydrogens is 1540 g/mol. The standard InChI is InChI=1S/C61H41NO.C61H41NS/c2*1-5-18-42(19-6-1)45-34-38-50(43-20-7-2-8-21-43)58(40-45)62(48-35-32-44(33-36-48)51-28-17-29-55-54-27-14-16-31-59(54)63-60(51)55)49-37-39-53-52-26-13-15-30-56(52)61(57(53)41-49,46-22-9-3-10-23-46)47-24-11-4-12-25-47/h2*1-41H. The minimum Gasteiger partial charge on any atom is -0.455 e. The zero-order valence-corrected chi connectivity index (χ0v) is 69.9. The van der Waals surface area contributed by atoms with E-state index in [-0.39, 0.29) is 0 Å². The molecule has 22 aromatic rings. The Labute approximate surface area is 738 Å². The predicted molar refractivity (Wildman–Crippen MR) is 530 cm³/mol. The fourth-order valence-electron chi connectivity index (χ4n) is 20.3. The maximum atomic E-state index is 6.53. The summed E-state index contributed by atoms with van der Waals surface area (Å²) in [4.78, 5) is 4.95. The molecule has 0 fully saturated rings. The predicted octanol–water partition coefficient (Wildman–Crippen LogP) is 33.3. The first-order chi connectivity index (χ1) is 62.5. The van der Waals surface area contributed by atoms with Gasteiger partial charge in [-0.2, -0.15) is 0 Å². The molecule has 2 aromatic heterocycles. The van der Waals surface area contributed by atoms with E-state index in [2.05, 4.69) is 495 Å². The van der Waals surface area contributed by atoms with Gasteiger partial charge in [-0.15, -0.1) is 11.3 Å². The Morgan fingerprint density at radius 2 is 0.508 bits per heavy atom. The Balaban J connectivity index is 0.000000145. The second-order valence-electron chi connectivity index (χ2n) is 32.8. The van der Waals surface area contributed by atoms with Crippen molar-refractivity contribution in [1.82, 2.24) is 0 Å². The minimum absolute atomic E-state index is 0.531. The van der Waals surface area contributed by atoms with Gasteiger partial charge in [-0.05, 0) is 190 Å². The molecule has 0 N–H and O–H groups in total. The summed E-state index contributed by atoms with van der Waals surface area (Å²) in [6.45, 7) is 0. The lowest BCUT2D eigenvalue weighted by Crippen LogP contribution is -2.28. The van der Waals surface area contributed by atoms with Crippen LogP contribution >= 0.6 is 11.3 Å². The SMILES string of the molecule is c1ccc(-c2ccc(-c3ccccc3)c(N(c3ccc(-c4cccc5c4oc4ccccc45)cc3)c3ccc4c(c3)C(c3ccccc3)(c3ccccc3)c3ccccc3-4)c2)cc1.c1ccc(-c2ccc(-c3ccccc3)c(N(c3ccc(-c4cccc5c4sc4ccccc45)cc3)c3ccc4c(c3)C(c3ccccc3)(c3ccccc3)c3ccccc3-4)c2)cc1. The number of hydrogen-bond donors (Lipinski definition) is 0.